The normalized spacial score (nSPS) is 11.3. The van der Waals surface area contributed by atoms with Crippen LogP contribution in [0.2, 0.25) is 5.02 Å². The molecule has 0 unspecified atom stereocenters. The number of carbonyl (C=O) groups is 1. The molecular formula is C19H19ClN4O2. The van der Waals surface area contributed by atoms with Crippen molar-refractivity contribution in [2.75, 3.05) is 6.61 Å². The Balaban J connectivity index is 1.47. The van der Waals surface area contributed by atoms with Crippen molar-refractivity contribution in [2.45, 2.75) is 26.7 Å². The number of aromatic nitrogens is 4. The van der Waals surface area contributed by atoms with Gasteiger partial charge >= 0.3 is 5.97 Å². The first kappa shape index (κ1) is 18.1. The van der Waals surface area contributed by atoms with Crippen molar-refractivity contribution in [3.05, 3.63) is 64.2 Å². The van der Waals surface area contributed by atoms with Gasteiger partial charge in [-0.2, -0.15) is 4.98 Å². The van der Waals surface area contributed by atoms with Crippen LogP contribution in [0.5, 0.6) is 0 Å². The molecule has 3 rings (SSSR count). The number of carbonyl (C=O) groups excluding carboxylic acids is 1. The number of hydrogen-bond acceptors (Lipinski definition) is 5. The Kier molecular flexibility index (Phi) is 5.63. The second-order valence-electron chi connectivity index (χ2n) is 5.93. The SMILES string of the molecule is Cc1cc(C)n2nc(CCCOC(=O)C=Cc3ccc(Cl)cc3)nc2n1. The average molecular weight is 371 g/mol. The van der Waals surface area contributed by atoms with Gasteiger partial charge in [0.1, 0.15) is 0 Å². The lowest BCUT2D eigenvalue weighted by Crippen LogP contribution is -2.04. The second-order valence-corrected chi connectivity index (χ2v) is 6.37. The fourth-order valence-electron chi connectivity index (χ4n) is 2.50. The lowest BCUT2D eigenvalue weighted by molar-refractivity contribution is -0.137. The molecule has 0 amide bonds. The molecule has 0 spiro atoms. The predicted molar refractivity (Wildman–Crippen MR) is 100 cm³/mol. The largest absolute Gasteiger partial charge is 0.463 e. The maximum absolute atomic E-state index is 11.7. The highest BCUT2D eigenvalue weighted by atomic mass is 35.5. The van der Waals surface area contributed by atoms with Gasteiger partial charge in [-0.05, 0) is 50.1 Å². The minimum absolute atomic E-state index is 0.310. The first-order valence-electron chi connectivity index (χ1n) is 8.31. The van der Waals surface area contributed by atoms with Crippen LogP contribution in [0.3, 0.4) is 0 Å². The molecule has 0 atom stereocenters. The van der Waals surface area contributed by atoms with Crippen LogP contribution in [-0.4, -0.2) is 32.2 Å². The molecule has 26 heavy (non-hydrogen) atoms. The number of halogens is 1. The number of nitrogens with zero attached hydrogens (tertiary/aromatic N) is 4. The molecule has 0 aliphatic heterocycles. The molecule has 7 heteroatoms. The molecular weight excluding hydrogens is 352 g/mol. The van der Waals surface area contributed by atoms with E-state index in [4.69, 9.17) is 16.3 Å². The number of hydrogen-bond donors (Lipinski definition) is 0. The Morgan fingerprint density at radius 1 is 1.23 bits per heavy atom. The smallest absolute Gasteiger partial charge is 0.330 e. The number of rotatable bonds is 6. The van der Waals surface area contributed by atoms with E-state index in [1.165, 1.54) is 6.08 Å². The zero-order chi connectivity index (χ0) is 18.5. The molecule has 2 aromatic heterocycles. The first-order valence-corrected chi connectivity index (χ1v) is 8.69. The van der Waals surface area contributed by atoms with E-state index in [0.717, 1.165) is 17.0 Å². The van der Waals surface area contributed by atoms with E-state index in [2.05, 4.69) is 15.1 Å². The summed E-state index contributed by atoms with van der Waals surface area (Å²) in [5.41, 5.74) is 2.79. The van der Waals surface area contributed by atoms with Gasteiger partial charge in [-0.3, -0.25) is 0 Å². The summed E-state index contributed by atoms with van der Waals surface area (Å²) in [6, 6.07) is 9.16. The molecule has 2 heterocycles. The van der Waals surface area contributed by atoms with Gasteiger partial charge in [0.05, 0.1) is 6.61 Å². The van der Waals surface area contributed by atoms with Crippen LogP contribution in [0.15, 0.2) is 36.4 Å². The van der Waals surface area contributed by atoms with Gasteiger partial charge in [-0.1, -0.05) is 23.7 Å². The van der Waals surface area contributed by atoms with Crippen molar-refractivity contribution in [1.82, 2.24) is 19.6 Å². The van der Waals surface area contributed by atoms with Gasteiger partial charge in [0.15, 0.2) is 5.82 Å². The molecule has 0 aliphatic carbocycles. The van der Waals surface area contributed by atoms with E-state index in [0.29, 0.717) is 36.1 Å². The average Bonchev–Trinajstić information content (AvgIpc) is 3.01. The minimum Gasteiger partial charge on any atom is -0.463 e. The first-order chi connectivity index (χ1) is 12.5. The Morgan fingerprint density at radius 3 is 2.77 bits per heavy atom. The summed E-state index contributed by atoms with van der Waals surface area (Å²) < 4.78 is 6.92. The Morgan fingerprint density at radius 2 is 2.00 bits per heavy atom. The van der Waals surface area contributed by atoms with Crippen LogP contribution < -0.4 is 0 Å². The third-order valence-corrected chi connectivity index (χ3v) is 3.99. The molecule has 0 saturated carbocycles. The molecule has 134 valence electrons. The van der Waals surface area contributed by atoms with Gasteiger partial charge in [-0.15, -0.1) is 5.10 Å². The van der Waals surface area contributed by atoms with E-state index in [9.17, 15) is 4.79 Å². The fraction of sp³-hybridized carbons (Fsp3) is 0.263. The summed E-state index contributed by atoms with van der Waals surface area (Å²) in [5, 5.41) is 5.09. The van der Waals surface area contributed by atoms with Crippen molar-refractivity contribution >= 4 is 29.4 Å². The number of benzene rings is 1. The van der Waals surface area contributed by atoms with Crippen molar-refractivity contribution in [1.29, 1.82) is 0 Å². The number of aryl methyl sites for hydroxylation is 3. The lowest BCUT2D eigenvalue weighted by atomic mass is 10.2. The van der Waals surface area contributed by atoms with Crippen LogP contribution >= 0.6 is 11.6 Å². The summed E-state index contributed by atoms with van der Waals surface area (Å²) in [7, 11) is 0. The van der Waals surface area contributed by atoms with Crippen LogP contribution in [0, 0.1) is 13.8 Å². The van der Waals surface area contributed by atoms with Crippen molar-refractivity contribution in [3.63, 3.8) is 0 Å². The van der Waals surface area contributed by atoms with Crippen LogP contribution in [-0.2, 0) is 16.0 Å². The van der Waals surface area contributed by atoms with E-state index < -0.39 is 0 Å². The number of esters is 1. The molecule has 0 fully saturated rings. The third-order valence-electron chi connectivity index (χ3n) is 3.73. The van der Waals surface area contributed by atoms with E-state index in [-0.39, 0.29) is 5.97 Å². The highest BCUT2D eigenvalue weighted by Gasteiger charge is 2.08. The van der Waals surface area contributed by atoms with Gasteiger partial charge in [0.25, 0.3) is 5.78 Å². The van der Waals surface area contributed by atoms with Crippen molar-refractivity contribution < 1.29 is 9.53 Å². The summed E-state index contributed by atoms with van der Waals surface area (Å²) in [5.74, 6) is 0.912. The molecule has 0 saturated heterocycles. The molecule has 6 nitrogen and oxygen atoms in total. The fourth-order valence-corrected chi connectivity index (χ4v) is 2.63. The monoisotopic (exact) mass is 370 g/mol. The van der Waals surface area contributed by atoms with E-state index in [1.807, 2.05) is 32.0 Å². The standard InChI is InChI=1S/C19H19ClN4O2/c1-13-12-14(2)24-19(21-13)22-17(23-24)4-3-11-26-18(25)10-7-15-5-8-16(20)9-6-15/h5-10,12H,3-4,11H2,1-2H3. The van der Waals surface area contributed by atoms with Gasteiger partial charge in [0.2, 0.25) is 0 Å². The topological polar surface area (TPSA) is 69.4 Å². The van der Waals surface area contributed by atoms with Gasteiger partial charge < -0.3 is 4.74 Å². The minimum atomic E-state index is -0.379. The maximum Gasteiger partial charge on any atom is 0.330 e. The highest BCUT2D eigenvalue weighted by molar-refractivity contribution is 6.30. The molecule has 1 aromatic carbocycles. The van der Waals surface area contributed by atoms with Crippen LogP contribution in [0.4, 0.5) is 0 Å². The lowest BCUT2D eigenvalue weighted by Gasteiger charge is -2.00. The predicted octanol–water partition coefficient (Wildman–Crippen LogP) is 3.58. The zero-order valence-electron chi connectivity index (χ0n) is 14.6. The number of ether oxygens (including phenoxy) is 1. The van der Waals surface area contributed by atoms with E-state index in [1.54, 1.807) is 22.7 Å². The molecule has 0 radical (unpaired) electrons. The van der Waals surface area contributed by atoms with E-state index >= 15 is 0 Å². The zero-order valence-corrected chi connectivity index (χ0v) is 15.4. The molecule has 0 N–H and O–H groups in total. The Bertz CT molecular complexity index is 948. The van der Waals surface area contributed by atoms with Gasteiger partial charge in [-0.25, -0.2) is 14.3 Å². The second kappa shape index (κ2) is 8.10. The Labute approximate surface area is 156 Å². The Hall–Kier alpha value is -2.73. The van der Waals surface area contributed by atoms with Crippen LogP contribution in [0.25, 0.3) is 11.9 Å². The number of fused-ring (bicyclic) bond motifs is 1. The van der Waals surface area contributed by atoms with Crippen LogP contribution in [0.1, 0.15) is 29.2 Å². The quantitative estimate of drug-likeness (QED) is 0.377. The summed E-state index contributed by atoms with van der Waals surface area (Å²) in [4.78, 5) is 20.5. The molecule has 0 bridgehead atoms. The van der Waals surface area contributed by atoms with Crippen molar-refractivity contribution in [3.8, 4) is 0 Å². The third kappa shape index (κ3) is 4.67. The molecule has 0 aliphatic rings. The van der Waals surface area contributed by atoms with Crippen molar-refractivity contribution in [2.24, 2.45) is 0 Å². The summed E-state index contributed by atoms with van der Waals surface area (Å²) in [6.45, 7) is 4.21. The van der Waals surface area contributed by atoms with Gasteiger partial charge in [0, 0.05) is 28.9 Å². The maximum atomic E-state index is 11.7. The highest BCUT2D eigenvalue weighted by Crippen LogP contribution is 2.11. The molecule has 3 aromatic rings. The summed E-state index contributed by atoms with van der Waals surface area (Å²) >= 11 is 5.82. The summed E-state index contributed by atoms with van der Waals surface area (Å²) in [6.07, 6.45) is 4.37.